The number of nitrogens with zero attached hydrogens (tertiary/aromatic N) is 2. The van der Waals surface area contributed by atoms with E-state index in [1.54, 1.807) is 0 Å². The van der Waals surface area contributed by atoms with Gasteiger partial charge in [-0.05, 0) is 57.0 Å². The quantitative estimate of drug-likeness (QED) is 0.278. The van der Waals surface area contributed by atoms with Crippen molar-refractivity contribution in [1.29, 1.82) is 0 Å². The molecule has 6 aromatic carbocycles. The molecule has 0 atom stereocenters. The number of aromatic nitrogens is 1. The summed E-state index contributed by atoms with van der Waals surface area (Å²) in [4.78, 5) is 2.53. The van der Waals surface area contributed by atoms with Crippen LogP contribution in [0, 0.1) is 0 Å². The molecule has 0 saturated carbocycles. The maximum absolute atomic E-state index is 6.83. The second kappa shape index (κ2) is 6.94. The molecule has 3 nitrogen and oxygen atoms in total. The molecule has 1 aromatic heterocycles. The van der Waals surface area contributed by atoms with E-state index in [-0.39, 0.29) is 13.4 Å². The second-order valence-electron chi connectivity index (χ2n) is 11.6. The molecule has 0 saturated heterocycles. The molecule has 7 aromatic rings. The third-order valence-electron chi connectivity index (χ3n) is 9.83. The summed E-state index contributed by atoms with van der Waals surface area (Å²) in [6, 6.07) is 44.6. The van der Waals surface area contributed by atoms with E-state index in [0.717, 1.165) is 11.5 Å². The molecule has 4 aliphatic heterocycles. The molecule has 0 unspecified atom stereocenters. The summed E-state index contributed by atoms with van der Waals surface area (Å²) in [6.45, 7) is 0.258. The largest absolute Gasteiger partial charge is 0.458 e. The molecule has 0 bridgehead atoms. The topological polar surface area (TPSA) is 17.4 Å². The van der Waals surface area contributed by atoms with Gasteiger partial charge in [0.05, 0.1) is 5.52 Å². The first-order chi connectivity index (χ1) is 20.4. The van der Waals surface area contributed by atoms with E-state index >= 15 is 0 Å². The van der Waals surface area contributed by atoms with Crippen molar-refractivity contribution in [3.63, 3.8) is 0 Å². The number of ether oxygens (including phenoxy) is 1. The average Bonchev–Trinajstić information content (AvgIpc) is 3.37. The molecule has 41 heavy (non-hydrogen) atoms. The highest BCUT2D eigenvalue weighted by Gasteiger charge is 2.49. The minimum Gasteiger partial charge on any atom is -0.458 e. The fraction of sp³-hybridized carbons (Fsp3) is 0. The highest BCUT2D eigenvalue weighted by molar-refractivity contribution is 7.04. The van der Waals surface area contributed by atoms with Gasteiger partial charge in [0.25, 0.3) is 13.4 Å². The van der Waals surface area contributed by atoms with Crippen LogP contribution >= 0.6 is 0 Å². The van der Waals surface area contributed by atoms with E-state index in [1.807, 2.05) is 0 Å². The average molecular weight is 518 g/mol. The van der Waals surface area contributed by atoms with E-state index in [2.05, 4.69) is 131 Å². The van der Waals surface area contributed by atoms with Gasteiger partial charge in [0.15, 0.2) is 0 Å². The van der Waals surface area contributed by atoms with Gasteiger partial charge in [-0.1, -0.05) is 91.0 Å². The van der Waals surface area contributed by atoms with E-state index in [9.17, 15) is 0 Å². The predicted molar refractivity (Wildman–Crippen MR) is 171 cm³/mol. The Hall–Kier alpha value is -5.15. The number of anilines is 3. The number of benzene rings is 6. The number of hydrogen-bond donors (Lipinski definition) is 0. The third-order valence-corrected chi connectivity index (χ3v) is 9.83. The maximum Gasteiger partial charge on any atom is 0.256 e. The highest BCUT2D eigenvalue weighted by Crippen LogP contribution is 2.45. The lowest BCUT2D eigenvalue weighted by atomic mass is 9.29. The third kappa shape index (κ3) is 2.27. The van der Waals surface area contributed by atoms with Crippen LogP contribution in [0.1, 0.15) is 0 Å². The van der Waals surface area contributed by atoms with E-state index in [1.165, 1.54) is 77.3 Å². The van der Waals surface area contributed by atoms with Gasteiger partial charge in [-0.15, -0.1) is 0 Å². The summed E-state index contributed by atoms with van der Waals surface area (Å²) in [5.74, 6) is 1.91. The van der Waals surface area contributed by atoms with Crippen LogP contribution in [0.4, 0.5) is 17.1 Å². The zero-order valence-electron chi connectivity index (χ0n) is 22.0. The Bertz CT molecular complexity index is 2340. The van der Waals surface area contributed by atoms with Crippen molar-refractivity contribution in [1.82, 2.24) is 4.57 Å². The van der Waals surface area contributed by atoms with Crippen molar-refractivity contribution in [2.24, 2.45) is 0 Å². The van der Waals surface area contributed by atoms with Gasteiger partial charge in [0.2, 0.25) is 0 Å². The Morgan fingerprint density at radius 3 is 1.95 bits per heavy atom. The van der Waals surface area contributed by atoms with Crippen LogP contribution in [-0.4, -0.2) is 18.0 Å². The lowest BCUT2D eigenvalue weighted by Crippen LogP contribution is -2.67. The molecule has 11 rings (SSSR count). The molecule has 5 heteroatoms. The molecule has 0 amide bonds. The standard InChI is InChI=1S/C36H20B2N2O/c1-5-16-27-21(10-1)22-11-9-15-26-35(22)39(27)30-20-32-34-36-33(30)38(26)24-13-3-7-18-29(24)40(36)28-17-6-2-12-23(28)37(34)25-14-4-8-19-31(25)41-32/h1-20H. The first-order valence-electron chi connectivity index (χ1n) is 14.4. The van der Waals surface area contributed by atoms with Crippen molar-refractivity contribution in [2.75, 3.05) is 4.90 Å². The normalized spacial score (nSPS) is 14.4. The molecule has 0 radical (unpaired) electrons. The van der Waals surface area contributed by atoms with Gasteiger partial charge in [-0.3, -0.25) is 0 Å². The van der Waals surface area contributed by atoms with Gasteiger partial charge >= 0.3 is 0 Å². The molecular formula is C36H20B2N2O. The van der Waals surface area contributed by atoms with E-state index < -0.39 is 0 Å². The molecule has 0 N–H and O–H groups in total. The summed E-state index contributed by atoms with van der Waals surface area (Å²) in [7, 11) is 0. The fourth-order valence-corrected chi connectivity index (χ4v) is 8.39. The number of rotatable bonds is 0. The summed E-state index contributed by atoms with van der Waals surface area (Å²) < 4.78 is 9.34. The smallest absolute Gasteiger partial charge is 0.256 e. The van der Waals surface area contributed by atoms with Gasteiger partial charge in [-0.2, -0.15) is 0 Å². The lowest BCUT2D eigenvalue weighted by Gasteiger charge is -2.47. The Morgan fingerprint density at radius 2 is 1.12 bits per heavy atom. The second-order valence-corrected chi connectivity index (χ2v) is 11.6. The highest BCUT2D eigenvalue weighted by atomic mass is 16.5. The van der Waals surface area contributed by atoms with Crippen LogP contribution in [0.15, 0.2) is 121 Å². The van der Waals surface area contributed by atoms with Crippen LogP contribution < -0.4 is 42.4 Å². The van der Waals surface area contributed by atoms with Crippen molar-refractivity contribution >= 4 is 85.1 Å². The first kappa shape index (κ1) is 20.7. The van der Waals surface area contributed by atoms with Crippen molar-refractivity contribution in [3.05, 3.63) is 121 Å². The van der Waals surface area contributed by atoms with Crippen LogP contribution in [0.25, 0.3) is 27.5 Å². The number of fused-ring (bicyclic) bond motifs is 13. The lowest BCUT2D eigenvalue weighted by molar-refractivity contribution is 0.487. The van der Waals surface area contributed by atoms with Gasteiger partial charge in [0.1, 0.15) is 11.5 Å². The van der Waals surface area contributed by atoms with Gasteiger partial charge in [-0.25, -0.2) is 0 Å². The van der Waals surface area contributed by atoms with E-state index in [0.29, 0.717) is 0 Å². The zero-order chi connectivity index (χ0) is 26.4. The number of hydrogen-bond acceptors (Lipinski definition) is 2. The zero-order valence-corrected chi connectivity index (χ0v) is 22.0. The molecule has 5 heterocycles. The monoisotopic (exact) mass is 518 g/mol. The van der Waals surface area contributed by atoms with Gasteiger partial charge in [0, 0.05) is 45.1 Å². The Labute approximate surface area is 237 Å². The SMILES string of the molecule is c1ccc2c(c1)Oc1cc3c4c5c1B2c1ccccc1N5c1ccccc1B4c1cccc2c4ccccc4n-3c12. The molecular weight excluding hydrogens is 498 g/mol. The fourth-order valence-electron chi connectivity index (χ4n) is 8.39. The summed E-state index contributed by atoms with van der Waals surface area (Å²) in [5.41, 5.74) is 15.6. The molecule has 0 spiro atoms. The minimum atomic E-state index is 0.118. The molecule has 0 aliphatic carbocycles. The number of para-hydroxylation sites is 5. The van der Waals surface area contributed by atoms with Crippen LogP contribution in [0.5, 0.6) is 11.5 Å². The molecule has 186 valence electrons. The van der Waals surface area contributed by atoms with Crippen molar-refractivity contribution in [3.8, 4) is 17.2 Å². The van der Waals surface area contributed by atoms with Crippen molar-refractivity contribution in [2.45, 2.75) is 0 Å². The van der Waals surface area contributed by atoms with Crippen LogP contribution in [-0.2, 0) is 0 Å². The van der Waals surface area contributed by atoms with E-state index in [4.69, 9.17) is 4.74 Å². The predicted octanol–water partition coefficient (Wildman–Crippen LogP) is 4.33. The van der Waals surface area contributed by atoms with Gasteiger partial charge < -0.3 is 14.2 Å². The maximum atomic E-state index is 6.83. The summed E-state index contributed by atoms with van der Waals surface area (Å²) in [6.07, 6.45) is 0. The first-order valence-corrected chi connectivity index (χ1v) is 14.4. The minimum absolute atomic E-state index is 0.118. The molecule has 0 fully saturated rings. The van der Waals surface area contributed by atoms with Crippen LogP contribution in [0.2, 0.25) is 0 Å². The summed E-state index contributed by atoms with van der Waals surface area (Å²) in [5, 5.41) is 2.60. The summed E-state index contributed by atoms with van der Waals surface area (Å²) >= 11 is 0. The van der Waals surface area contributed by atoms with Crippen molar-refractivity contribution < 1.29 is 4.74 Å². The van der Waals surface area contributed by atoms with Crippen LogP contribution in [0.3, 0.4) is 0 Å². The Balaban J connectivity index is 1.39. The Kier molecular flexibility index (Phi) is 3.51. The Morgan fingerprint density at radius 1 is 0.488 bits per heavy atom. The molecule has 4 aliphatic rings.